The van der Waals surface area contributed by atoms with Crippen molar-refractivity contribution in [3.8, 4) is 0 Å². The van der Waals surface area contributed by atoms with Gasteiger partial charge in [-0.2, -0.15) is 0 Å². The predicted molar refractivity (Wildman–Crippen MR) is 54.0 cm³/mol. The van der Waals surface area contributed by atoms with E-state index in [1.165, 1.54) is 25.7 Å². The summed E-state index contributed by atoms with van der Waals surface area (Å²) in [5, 5.41) is 6.93. The molecule has 13 heavy (non-hydrogen) atoms. The Hall–Kier alpha value is -0.570. The van der Waals surface area contributed by atoms with Gasteiger partial charge in [0.05, 0.1) is 0 Å². The molecule has 0 radical (unpaired) electrons. The third-order valence-corrected chi connectivity index (χ3v) is 2.58. The van der Waals surface area contributed by atoms with Crippen LogP contribution >= 0.6 is 0 Å². The van der Waals surface area contributed by atoms with E-state index in [1.807, 2.05) is 0 Å². The lowest BCUT2D eigenvalue weighted by molar-refractivity contribution is -0.00920. The highest BCUT2D eigenvalue weighted by molar-refractivity contribution is 5.41. The highest BCUT2D eigenvalue weighted by Crippen LogP contribution is 2.17. The average molecular weight is 184 g/mol. The molecule has 0 aromatic heterocycles. The summed E-state index contributed by atoms with van der Waals surface area (Å²) < 4.78 is 5.26. The van der Waals surface area contributed by atoms with E-state index in [0.717, 1.165) is 25.9 Å². The van der Waals surface area contributed by atoms with Crippen LogP contribution in [0.5, 0.6) is 0 Å². The first-order valence-corrected chi connectivity index (χ1v) is 5.27. The quantitative estimate of drug-likeness (QED) is 0.525. The summed E-state index contributed by atoms with van der Waals surface area (Å²) in [7, 11) is 0. The standard InChI is InChI=1S/C10H20N2O/c1-2-3-7-12-8-5-4-6-10(12)13-9-11/h9-11H,2-8H2,1H3. The largest absolute Gasteiger partial charge is 0.465 e. The maximum absolute atomic E-state index is 6.93. The topological polar surface area (TPSA) is 36.3 Å². The second-order valence-corrected chi connectivity index (χ2v) is 3.59. The number of ether oxygens (including phenoxy) is 1. The number of piperidine rings is 1. The Morgan fingerprint density at radius 1 is 1.54 bits per heavy atom. The van der Waals surface area contributed by atoms with Crippen LogP contribution in [0.1, 0.15) is 39.0 Å². The summed E-state index contributed by atoms with van der Waals surface area (Å²) in [5.74, 6) is 0. The molecular formula is C10H20N2O. The van der Waals surface area contributed by atoms with Crippen molar-refractivity contribution in [1.29, 1.82) is 5.41 Å². The van der Waals surface area contributed by atoms with Crippen LogP contribution in [0, 0.1) is 5.41 Å². The summed E-state index contributed by atoms with van der Waals surface area (Å²) in [5.41, 5.74) is 0. The van der Waals surface area contributed by atoms with Crippen LogP contribution in [-0.2, 0) is 4.74 Å². The Morgan fingerprint density at radius 3 is 3.08 bits per heavy atom. The number of nitrogens with one attached hydrogen (secondary N) is 1. The van der Waals surface area contributed by atoms with Crippen LogP contribution in [0.4, 0.5) is 0 Å². The average Bonchev–Trinajstić information content (AvgIpc) is 2.17. The van der Waals surface area contributed by atoms with Crippen molar-refractivity contribution in [3.63, 3.8) is 0 Å². The van der Waals surface area contributed by atoms with Crippen LogP contribution in [0.2, 0.25) is 0 Å². The van der Waals surface area contributed by atoms with Gasteiger partial charge in [0.15, 0.2) is 12.6 Å². The van der Waals surface area contributed by atoms with Crippen LogP contribution < -0.4 is 0 Å². The van der Waals surface area contributed by atoms with Crippen LogP contribution in [0.25, 0.3) is 0 Å². The fourth-order valence-electron chi connectivity index (χ4n) is 1.81. The molecule has 1 rings (SSSR count). The summed E-state index contributed by atoms with van der Waals surface area (Å²) in [4.78, 5) is 2.36. The third-order valence-electron chi connectivity index (χ3n) is 2.58. The van der Waals surface area contributed by atoms with Gasteiger partial charge in [0.2, 0.25) is 0 Å². The smallest absolute Gasteiger partial charge is 0.169 e. The molecule has 1 heterocycles. The molecule has 1 saturated heterocycles. The molecule has 3 nitrogen and oxygen atoms in total. The Kier molecular flexibility index (Phi) is 4.83. The van der Waals surface area contributed by atoms with Gasteiger partial charge >= 0.3 is 0 Å². The lowest BCUT2D eigenvalue weighted by Crippen LogP contribution is -2.41. The van der Waals surface area contributed by atoms with Gasteiger partial charge in [-0.25, -0.2) is 0 Å². The van der Waals surface area contributed by atoms with Gasteiger partial charge in [-0.05, 0) is 25.7 Å². The Bertz CT molecular complexity index is 150. The van der Waals surface area contributed by atoms with Crippen LogP contribution in [0.3, 0.4) is 0 Å². The molecule has 76 valence electrons. The van der Waals surface area contributed by atoms with Crippen molar-refractivity contribution >= 4 is 6.40 Å². The zero-order chi connectivity index (χ0) is 9.52. The second kappa shape index (κ2) is 5.97. The first-order chi connectivity index (χ1) is 6.38. The molecule has 1 N–H and O–H groups in total. The van der Waals surface area contributed by atoms with Crippen molar-refractivity contribution in [1.82, 2.24) is 4.90 Å². The first kappa shape index (κ1) is 10.5. The monoisotopic (exact) mass is 184 g/mol. The van der Waals surface area contributed by atoms with Crippen molar-refractivity contribution in [2.45, 2.75) is 45.3 Å². The zero-order valence-corrected chi connectivity index (χ0v) is 8.46. The molecule has 1 aliphatic rings. The minimum atomic E-state index is 0.179. The van der Waals surface area contributed by atoms with Crippen molar-refractivity contribution in [2.75, 3.05) is 13.1 Å². The maximum atomic E-state index is 6.93. The SMILES string of the molecule is CCCCN1CCCCC1OC=N. The van der Waals surface area contributed by atoms with E-state index in [4.69, 9.17) is 10.1 Å². The second-order valence-electron chi connectivity index (χ2n) is 3.59. The van der Waals surface area contributed by atoms with E-state index in [2.05, 4.69) is 11.8 Å². The fraction of sp³-hybridized carbons (Fsp3) is 0.900. The normalized spacial score (nSPS) is 24.2. The summed E-state index contributed by atoms with van der Waals surface area (Å²) in [6, 6.07) is 0. The third kappa shape index (κ3) is 3.35. The summed E-state index contributed by atoms with van der Waals surface area (Å²) in [6.45, 7) is 4.46. The van der Waals surface area contributed by atoms with E-state index < -0.39 is 0 Å². The van der Waals surface area contributed by atoms with E-state index in [-0.39, 0.29) is 6.23 Å². The molecule has 0 saturated carbocycles. The van der Waals surface area contributed by atoms with Gasteiger partial charge in [-0.15, -0.1) is 0 Å². The van der Waals surface area contributed by atoms with Gasteiger partial charge in [0.1, 0.15) is 0 Å². The number of unbranched alkanes of at least 4 members (excludes halogenated alkanes) is 1. The number of nitrogens with zero attached hydrogens (tertiary/aromatic N) is 1. The lowest BCUT2D eigenvalue weighted by Gasteiger charge is -2.34. The van der Waals surface area contributed by atoms with Crippen LogP contribution in [0.15, 0.2) is 0 Å². The molecular weight excluding hydrogens is 164 g/mol. The van der Waals surface area contributed by atoms with E-state index in [9.17, 15) is 0 Å². The molecule has 1 unspecified atom stereocenters. The van der Waals surface area contributed by atoms with Crippen molar-refractivity contribution in [2.24, 2.45) is 0 Å². The molecule has 0 bridgehead atoms. The van der Waals surface area contributed by atoms with Crippen molar-refractivity contribution in [3.05, 3.63) is 0 Å². The molecule has 0 amide bonds. The lowest BCUT2D eigenvalue weighted by atomic mass is 10.1. The number of hydrogen-bond acceptors (Lipinski definition) is 3. The van der Waals surface area contributed by atoms with Gasteiger partial charge < -0.3 is 4.74 Å². The molecule has 1 aliphatic heterocycles. The minimum Gasteiger partial charge on any atom is -0.465 e. The molecule has 3 heteroatoms. The minimum absolute atomic E-state index is 0.179. The number of rotatable bonds is 5. The molecule has 1 atom stereocenters. The number of likely N-dealkylation sites (tertiary alicyclic amines) is 1. The molecule has 0 spiro atoms. The fourth-order valence-corrected chi connectivity index (χ4v) is 1.81. The maximum Gasteiger partial charge on any atom is 0.169 e. The molecule has 0 aromatic carbocycles. The molecule has 0 aliphatic carbocycles. The molecule has 1 fully saturated rings. The highest BCUT2D eigenvalue weighted by Gasteiger charge is 2.21. The van der Waals surface area contributed by atoms with E-state index in [1.54, 1.807) is 0 Å². The van der Waals surface area contributed by atoms with Crippen molar-refractivity contribution < 1.29 is 4.74 Å². The van der Waals surface area contributed by atoms with Gasteiger partial charge in [-0.1, -0.05) is 13.3 Å². The molecule has 0 aromatic rings. The van der Waals surface area contributed by atoms with E-state index in [0.29, 0.717) is 0 Å². The first-order valence-electron chi connectivity index (χ1n) is 5.27. The Labute approximate surface area is 80.6 Å². The van der Waals surface area contributed by atoms with Gasteiger partial charge in [0.25, 0.3) is 0 Å². The highest BCUT2D eigenvalue weighted by atomic mass is 16.5. The number of hydrogen-bond donors (Lipinski definition) is 1. The zero-order valence-electron chi connectivity index (χ0n) is 8.46. The van der Waals surface area contributed by atoms with Gasteiger partial charge in [-0.3, -0.25) is 10.3 Å². The Balaban J connectivity index is 2.32. The van der Waals surface area contributed by atoms with Gasteiger partial charge in [0, 0.05) is 13.1 Å². The van der Waals surface area contributed by atoms with Crippen LogP contribution in [-0.4, -0.2) is 30.6 Å². The summed E-state index contributed by atoms with van der Waals surface area (Å²) >= 11 is 0. The summed E-state index contributed by atoms with van der Waals surface area (Å²) in [6.07, 6.45) is 7.32. The predicted octanol–water partition coefficient (Wildman–Crippen LogP) is 2.22. The van der Waals surface area contributed by atoms with E-state index >= 15 is 0 Å². The Morgan fingerprint density at radius 2 is 2.38 bits per heavy atom.